The number of allylic oxidation sites excluding steroid dienone is 13. The van der Waals surface area contributed by atoms with E-state index < -0.39 is 12.1 Å². The van der Waals surface area contributed by atoms with Crippen molar-refractivity contribution in [1.82, 2.24) is 5.32 Å². The zero-order valence-corrected chi connectivity index (χ0v) is 42.5. The lowest BCUT2D eigenvalue weighted by molar-refractivity contribution is -0.123. The smallest absolute Gasteiger partial charge is 0.220 e. The first-order valence-electron chi connectivity index (χ1n) is 27.8. The highest BCUT2D eigenvalue weighted by Gasteiger charge is 2.17. The molecule has 0 saturated carbocycles. The summed E-state index contributed by atoms with van der Waals surface area (Å²) in [6.07, 6.45) is 80.2. The molecule has 0 saturated heterocycles. The summed E-state index contributed by atoms with van der Waals surface area (Å²) in [5, 5.41) is 23.2. The van der Waals surface area contributed by atoms with E-state index in [1.54, 1.807) is 6.08 Å². The van der Waals surface area contributed by atoms with Gasteiger partial charge in [0.15, 0.2) is 0 Å². The van der Waals surface area contributed by atoms with Crippen LogP contribution in [0, 0.1) is 0 Å². The van der Waals surface area contributed by atoms with Crippen LogP contribution in [0.15, 0.2) is 85.1 Å². The number of carbonyl (C=O) groups is 1. The molecule has 0 aromatic carbocycles. The molecule has 0 aromatic rings. The number of hydrogen-bond acceptors (Lipinski definition) is 3. The fraction of sp³-hybridized carbons (Fsp3) is 0.750. The number of hydrogen-bond donors (Lipinski definition) is 3. The van der Waals surface area contributed by atoms with Crippen LogP contribution in [0.4, 0.5) is 0 Å². The van der Waals surface area contributed by atoms with Crippen molar-refractivity contribution in [2.75, 3.05) is 6.61 Å². The summed E-state index contributed by atoms with van der Waals surface area (Å²) in [6.45, 7) is 4.20. The molecule has 2 unspecified atom stereocenters. The Morgan fingerprint density at radius 1 is 0.391 bits per heavy atom. The van der Waals surface area contributed by atoms with Crippen LogP contribution in [0.1, 0.15) is 271 Å². The number of amides is 1. The Hall–Kier alpha value is -2.43. The molecular weight excluding hydrogens is 783 g/mol. The fourth-order valence-corrected chi connectivity index (χ4v) is 8.16. The molecule has 64 heavy (non-hydrogen) atoms. The van der Waals surface area contributed by atoms with E-state index in [0.717, 1.165) is 64.2 Å². The van der Waals surface area contributed by atoms with Gasteiger partial charge in [-0.1, -0.05) is 272 Å². The second kappa shape index (κ2) is 54.9. The topological polar surface area (TPSA) is 69.6 Å². The number of aliphatic hydroxyl groups is 2. The Labute approximate surface area is 399 Å². The number of aliphatic hydroxyl groups excluding tert-OH is 2. The van der Waals surface area contributed by atoms with E-state index in [-0.39, 0.29) is 12.5 Å². The van der Waals surface area contributed by atoms with Crippen LogP contribution in [-0.4, -0.2) is 34.9 Å². The van der Waals surface area contributed by atoms with Crippen molar-refractivity contribution in [1.29, 1.82) is 0 Å². The van der Waals surface area contributed by atoms with Crippen molar-refractivity contribution in [2.45, 2.75) is 283 Å². The van der Waals surface area contributed by atoms with Crippen molar-refractivity contribution in [3.63, 3.8) is 0 Å². The van der Waals surface area contributed by atoms with E-state index in [1.807, 2.05) is 6.08 Å². The molecule has 370 valence electrons. The minimum Gasteiger partial charge on any atom is -0.394 e. The second-order valence-corrected chi connectivity index (χ2v) is 18.6. The minimum atomic E-state index is -0.869. The molecule has 0 aliphatic rings. The van der Waals surface area contributed by atoms with Crippen LogP contribution in [0.5, 0.6) is 0 Å². The van der Waals surface area contributed by atoms with Crippen molar-refractivity contribution >= 4 is 5.91 Å². The van der Waals surface area contributed by atoms with Crippen molar-refractivity contribution in [2.24, 2.45) is 0 Å². The lowest BCUT2D eigenvalue weighted by atomic mass is 10.0. The third-order valence-electron chi connectivity index (χ3n) is 12.4. The van der Waals surface area contributed by atoms with Crippen LogP contribution in [-0.2, 0) is 4.79 Å². The Kier molecular flexibility index (Phi) is 52.8. The highest BCUT2D eigenvalue weighted by molar-refractivity contribution is 5.76. The standard InChI is InChI=1S/C60H107NO3/c1-3-5-7-9-11-13-15-17-19-21-23-25-27-29-30-32-34-36-38-40-42-44-46-48-50-52-54-56-60(64)61-58(57-62)59(63)55-53-51-49-47-45-43-41-39-37-35-33-31-28-26-24-22-20-18-16-14-12-10-8-6-4-2/h5,7,11,13,17,19,23,25,29-30,45,47,53,55,58-59,62-63H,3-4,6,8-10,12,14-16,18,20-22,24,26-28,31-44,46,48-52,54,56-57H2,1-2H3,(H,61,64)/b7-5-,13-11-,19-17-,25-23-,30-29-,47-45+,55-53+. The molecule has 0 aliphatic carbocycles. The summed E-state index contributed by atoms with van der Waals surface area (Å²) >= 11 is 0. The van der Waals surface area contributed by atoms with Crippen LogP contribution in [0.25, 0.3) is 0 Å². The molecule has 0 spiro atoms. The molecule has 0 heterocycles. The lowest BCUT2D eigenvalue weighted by Gasteiger charge is -2.19. The van der Waals surface area contributed by atoms with Crippen LogP contribution in [0.2, 0.25) is 0 Å². The van der Waals surface area contributed by atoms with E-state index in [4.69, 9.17) is 0 Å². The maximum atomic E-state index is 12.5. The van der Waals surface area contributed by atoms with Gasteiger partial charge in [0.25, 0.3) is 0 Å². The maximum absolute atomic E-state index is 12.5. The first-order chi connectivity index (χ1) is 31.7. The Balaban J connectivity index is 3.57. The first kappa shape index (κ1) is 61.6. The van der Waals surface area contributed by atoms with Crippen molar-refractivity contribution in [3.8, 4) is 0 Å². The fourth-order valence-electron chi connectivity index (χ4n) is 8.16. The molecule has 3 N–H and O–H groups in total. The van der Waals surface area contributed by atoms with Gasteiger partial charge in [-0.2, -0.15) is 0 Å². The molecule has 0 bridgehead atoms. The van der Waals surface area contributed by atoms with Gasteiger partial charge in [0.2, 0.25) is 5.91 Å². The summed E-state index contributed by atoms with van der Waals surface area (Å²) in [7, 11) is 0. The van der Waals surface area contributed by atoms with Gasteiger partial charge in [0, 0.05) is 6.42 Å². The average molecular weight is 891 g/mol. The third-order valence-corrected chi connectivity index (χ3v) is 12.4. The minimum absolute atomic E-state index is 0.0782. The highest BCUT2D eigenvalue weighted by Crippen LogP contribution is 2.16. The largest absolute Gasteiger partial charge is 0.394 e. The van der Waals surface area contributed by atoms with Gasteiger partial charge >= 0.3 is 0 Å². The van der Waals surface area contributed by atoms with E-state index in [9.17, 15) is 15.0 Å². The van der Waals surface area contributed by atoms with Gasteiger partial charge in [0.05, 0.1) is 18.8 Å². The molecule has 0 aromatic heterocycles. The average Bonchev–Trinajstić information content (AvgIpc) is 3.30. The molecule has 0 rings (SSSR count). The monoisotopic (exact) mass is 890 g/mol. The lowest BCUT2D eigenvalue weighted by Crippen LogP contribution is -2.45. The van der Waals surface area contributed by atoms with Crippen molar-refractivity contribution < 1.29 is 15.0 Å². The molecule has 0 fully saturated rings. The number of nitrogens with one attached hydrogen (secondary N) is 1. The molecule has 4 heteroatoms. The number of rotatable bonds is 50. The predicted octanol–water partition coefficient (Wildman–Crippen LogP) is 18.4. The predicted molar refractivity (Wildman–Crippen MR) is 285 cm³/mol. The number of unbranched alkanes of at least 4 members (excludes halogenated alkanes) is 31. The summed E-state index contributed by atoms with van der Waals surface area (Å²) < 4.78 is 0. The van der Waals surface area contributed by atoms with Crippen LogP contribution < -0.4 is 5.32 Å². The summed E-state index contributed by atoms with van der Waals surface area (Å²) in [5.74, 6) is -0.0782. The van der Waals surface area contributed by atoms with Gasteiger partial charge in [-0.25, -0.2) is 0 Å². The second-order valence-electron chi connectivity index (χ2n) is 18.6. The van der Waals surface area contributed by atoms with Crippen LogP contribution >= 0.6 is 0 Å². The summed E-state index contributed by atoms with van der Waals surface area (Å²) in [6, 6.07) is -0.647. The molecule has 1 amide bonds. The van der Waals surface area contributed by atoms with Gasteiger partial charge in [-0.3, -0.25) is 4.79 Å². The van der Waals surface area contributed by atoms with E-state index in [0.29, 0.717) is 6.42 Å². The Morgan fingerprint density at radius 3 is 1.09 bits per heavy atom. The van der Waals surface area contributed by atoms with Gasteiger partial charge < -0.3 is 15.5 Å². The quantitative estimate of drug-likeness (QED) is 0.0421. The van der Waals surface area contributed by atoms with E-state index >= 15 is 0 Å². The summed E-state index contributed by atoms with van der Waals surface area (Å²) in [4.78, 5) is 12.5. The molecule has 2 atom stereocenters. The maximum Gasteiger partial charge on any atom is 0.220 e. The normalized spacial score (nSPS) is 13.5. The molecule has 0 radical (unpaired) electrons. The molecule has 0 aliphatic heterocycles. The Morgan fingerprint density at radius 2 is 0.703 bits per heavy atom. The summed E-state index contributed by atoms with van der Waals surface area (Å²) in [5.41, 5.74) is 0. The Bertz CT molecular complexity index is 1150. The van der Waals surface area contributed by atoms with Crippen LogP contribution in [0.3, 0.4) is 0 Å². The van der Waals surface area contributed by atoms with Gasteiger partial charge in [0.1, 0.15) is 0 Å². The van der Waals surface area contributed by atoms with E-state index in [1.165, 1.54) is 186 Å². The highest BCUT2D eigenvalue weighted by atomic mass is 16.3. The zero-order chi connectivity index (χ0) is 46.3. The van der Waals surface area contributed by atoms with Gasteiger partial charge in [-0.15, -0.1) is 0 Å². The zero-order valence-electron chi connectivity index (χ0n) is 42.5. The molecule has 4 nitrogen and oxygen atoms in total. The SMILES string of the molecule is CC/C=C\C/C=C\C/C=C\C/C=C\C/C=C\CCCCCCCCCCCCCC(=O)NC(CO)C(O)/C=C/CC/C=C/CCCCCCCCCCCCCCCCCCCCC. The van der Waals surface area contributed by atoms with Gasteiger partial charge in [-0.05, 0) is 77.0 Å². The third kappa shape index (κ3) is 50.6. The number of carbonyl (C=O) groups excluding carboxylic acids is 1. The van der Waals surface area contributed by atoms with Crippen molar-refractivity contribution in [3.05, 3.63) is 85.1 Å². The van der Waals surface area contributed by atoms with E-state index in [2.05, 4.69) is 92.1 Å². The molecular formula is C60H107NO3. The first-order valence-corrected chi connectivity index (χ1v) is 27.8.